The maximum atomic E-state index is 11.6. The van der Waals surface area contributed by atoms with Crippen LogP contribution in [0.25, 0.3) is 0 Å². The molecule has 118 valence electrons. The molecule has 0 spiro atoms. The first-order valence-electron chi connectivity index (χ1n) is 6.45. The van der Waals surface area contributed by atoms with Gasteiger partial charge in [0.05, 0.1) is 6.54 Å². The predicted molar refractivity (Wildman–Crippen MR) is 85.1 cm³/mol. The summed E-state index contributed by atoms with van der Waals surface area (Å²) in [5.74, 6) is -0.521. The van der Waals surface area contributed by atoms with Crippen LogP contribution in [0, 0.1) is 0 Å². The first-order chi connectivity index (χ1) is 9.25. The number of nitrogens with zero attached hydrogens (tertiary/aromatic N) is 1. The average Bonchev–Trinajstić information content (AvgIpc) is 2.96. The molecule has 2 rings (SSSR count). The van der Waals surface area contributed by atoms with E-state index >= 15 is 0 Å². The maximum Gasteiger partial charge on any atom is 0.270 e. The lowest BCUT2D eigenvalue weighted by Crippen LogP contribution is -2.42. The Balaban J connectivity index is 0.00000200. The van der Waals surface area contributed by atoms with Gasteiger partial charge >= 0.3 is 0 Å². The number of rotatable bonds is 5. The van der Waals surface area contributed by atoms with Crippen molar-refractivity contribution in [2.75, 3.05) is 19.6 Å². The second-order valence-corrected chi connectivity index (χ2v) is 4.50. The molecule has 0 aliphatic carbocycles. The van der Waals surface area contributed by atoms with Crippen molar-refractivity contribution in [1.82, 2.24) is 20.9 Å². The molecular weight excluding hydrogens is 315 g/mol. The molecular formula is C13H20Cl2N4O2. The average molecular weight is 335 g/mol. The molecule has 3 N–H and O–H groups in total. The fourth-order valence-corrected chi connectivity index (χ4v) is 1.98. The van der Waals surface area contributed by atoms with E-state index in [4.69, 9.17) is 0 Å². The second-order valence-electron chi connectivity index (χ2n) is 4.50. The molecule has 1 saturated heterocycles. The van der Waals surface area contributed by atoms with Gasteiger partial charge in [-0.2, -0.15) is 0 Å². The van der Waals surface area contributed by atoms with Gasteiger partial charge in [-0.1, -0.05) is 6.07 Å². The van der Waals surface area contributed by atoms with Crippen LogP contribution in [0.3, 0.4) is 0 Å². The summed E-state index contributed by atoms with van der Waals surface area (Å²) in [4.78, 5) is 27.1. The summed E-state index contributed by atoms with van der Waals surface area (Å²) in [6.07, 6.45) is 3.78. The normalized spacial score (nSPS) is 16.3. The van der Waals surface area contributed by atoms with Gasteiger partial charge in [0, 0.05) is 18.8 Å². The van der Waals surface area contributed by atoms with Crippen LogP contribution in [-0.2, 0) is 4.79 Å². The Kier molecular flexibility index (Phi) is 9.69. The molecule has 1 unspecified atom stereocenters. The Morgan fingerprint density at radius 2 is 2.10 bits per heavy atom. The van der Waals surface area contributed by atoms with E-state index < -0.39 is 0 Å². The number of hydrogen-bond acceptors (Lipinski definition) is 4. The lowest BCUT2D eigenvalue weighted by Gasteiger charge is -2.11. The minimum absolute atomic E-state index is 0. The van der Waals surface area contributed by atoms with E-state index in [1.54, 1.807) is 24.4 Å². The van der Waals surface area contributed by atoms with E-state index in [0.717, 1.165) is 19.4 Å². The smallest absolute Gasteiger partial charge is 0.270 e. The maximum absolute atomic E-state index is 11.6. The Bertz CT molecular complexity index is 439. The van der Waals surface area contributed by atoms with Crippen molar-refractivity contribution in [1.29, 1.82) is 0 Å². The quantitative estimate of drug-likeness (QED) is 0.733. The summed E-state index contributed by atoms with van der Waals surface area (Å²) in [5, 5.41) is 8.63. The zero-order valence-electron chi connectivity index (χ0n) is 11.5. The van der Waals surface area contributed by atoms with Crippen LogP contribution in [-0.4, -0.2) is 42.5 Å². The molecule has 1 atom stereocenters. The van der Waals surface area contributed by atoms with Crippen LogP contribution in [0.1, 0.15) is 23.3 Å². The van der Waals surface area contributed by atoms with E-state index in [9.17, 15) is 9.59 Å². The highest BCUT2D eigenvalue weighted by atomic mass is 35.5. The van der Waals surface area contributed by atoms with E-state index in [2.05, 4.69) is 20.9 Å². The molecule has 1 aliphatic heterocycles. The predicted octanol–water partition coefficient (Wildman–Crippen LogP) is 0.523. The van der Waals surface area contributed by atoms with Crippen LogP contribution in [0.4, 0.5) is 0 Å². The summed E-state index contributed by atoms with van der Waals surface area (Å²) >= 11 is 0. The summed E-state index contributed by atoms with van der Waals surface area (Å²) in [6.45, 7) is 1.59. The van der Waals surface area contributed by atoms with Crippen LogP contribution >= 0.6 is 24.8 Å². The third kappa shape index (κ3) is 6.75. The molecule has 8 heteroatoms. The third-order valence-electron chi connectivity index (χ3n) is 3.02. The van der Waals surface area contributed by atoms with Crippen molar-refractivity contribution in [3.8, 4) is 0 Å². The SMILES string of the molecule is Cl.Cl.O=C(CNC(=O)c1ccccn1)NCC1CCCN1. The molecule has 0 bridgehead atoms. The largest absolute Gasteiger partial charge is 0.353 e. The zero-order valence-corrected chi connectivity index (χ0v) is 13.1. The highest BCUT2D eigenvalue weighted by Gasteiger charge is 2.15. The fourth-order valence-electron chi connectivity index (χ4n) is 1.98. The molecule has 1 aromatic heterocycles. The Morgan fingerprint density at radius 1 is 1.29 bits per heavy atom. The minimum atomic E-state index is -0.338. The Morgan fingerprint density at radius 3 is 2.71 bits per heavy atom. The first-order valence-corrected chi connectivity index (χ1v) is 6.45. The van der Waals surface area contributed by atoms with Gasteiger partial charge in [-0.15, -0.1) is 24.8 Å². The molecule has 2 amide bonds. The first kappa shape index (κ1) is 19.6. The zero-order chi connectivity index (χ0) is 13.5. The van der Waals surface area contributed by atoms with Gasteiger partial charge in [-0.05, 0) is 31.5 Å². The molecule has 6 nitrogen and oxygen atoms in total. The third-order valence-corrected chi connectivity index (χ3v) is 3.02. The molecule has 1 aliphatic rings. The Labute approximate surface area is 136 Å². The van der Waals surface area contributed by atoms with Crippen LogP contribution < -0.4 is 16.0 Å². The number of pyridine rings is 1. The van der Waals surface area contributed by atoms with E-state index in [1.807, 2.05) is 0 Å². The highest BCUT2D eigenvalue weighted by Crippen LogP contribution is 2.02. The number of carbonyl (C=O) groups is 2. The van der Waals surface area contributed by atoms with Crippen molar-refractivity contribution >= 4 is 36.6 Å². The molecule has 0 saturated carbocycles. The standard InChI is InChI=1S/C13H18N4O2.2ClH/c18-12(16-8-10-4-3-7-14-10)9-17-13(19)11-5-1-2-6-15-11;;/h1-2,5-6,10,14H,3-4,7-9H2,(H,16,18)(H,17,19);2*1H. The van der Waals surface area contributed by atoms with Gasteiger partial charge in [0.15, 0.2) is 0 Å². The van der Waals surface area contributed by atoms with Crippen LogP contribution in [0.2, 0.25) is 0 Å². The monoisotopic (exact) mass is 334 g/mol. The van der Waals surface area contributed by atoms with Crippen molar-refractivity contribution < 1.29 is 9.59 Å². The fraction of sp³-hybridized carbons (Fsp3) is 0.462. The van der Waals surface area contributed by atoms with Crippen molar-refractivity contribution in [2.24, 2.45) is 0 Å². The summed E-state index contributed by atoms with van der Waals surface area (Å²) in [7, 11) is 0. The van der Waals surface area contributed by atoms with E-state index in [-0.39, 0.29) is 43.2 Å². The highest BCUT2D eigenvalue weighted by molar-refractivity contribution is 5.94. The summed E-state index contributed by atoms with van der Waals surface area (Å²) in [6, 6.07) is 5.43. The van der Waals surface area contributed by atoms with Gasteiger partial charge in [0.25, 0.3) is 5.91 Å². The summed E-state index contributed by atoms with van der Waals surface area (Å²) in [5.41, 5.74) is 0.313. The number of nitrogens with one attached hydrogen (secondary N) is 3. The number of aromatic nitrogens is 1. The number of hydrogen-bond donors (Lipinski definition) is 3. The van der Waals surface area contributed by atoms with Gasteiger partial charge in [0.2, 0.25) is 5.91 Å². The number of carbonyl (C=O) groups excluding carboxylic acids is 2. The Hall–Kier alpha value is -1.37. The van der Waals surface area contributed by atoms with Gasteiger partial charge in [-0.25, -0.2) is 0 Å². The molecule has 0 aromatic carbocycles. The van der Waals surface area contributed by atoms with Gasteiger partial charge < -0.3 is 16.0 Å². The molecule has 2 heterocycles. The number of amides is 2. The summed E-state index contributed by atoms with van der Waals surface area (Å²) < 4.78 is 0. The topological polar surface area (TPSA) is 83.1 Å². The van der Waals surface area contributed by atoms with Crippen LogP contribution in [0.5, 0.6) is 0 Å². The molecule has 0 radical (unpaired) electrons. The molecule has 1 fully saturated rings. The molecule has 21 heavy (non-hydrogen) atoms. The second kappa shape index (κ2) is 10.4. The van der Waals surface area contributed by atoms with Crippen LogP contribution in [0.15, 0.2) is 24.4 Å². The minimum Gasteiger partial charge on any atom is -0.353 e. The van der Waals surface area contributed by atoms with E-state index in [0.29, 0.717) is 18.3 Å². The lowest BCUT2D eigenvalue weighted by atomic mass is 10.2. The van der Waals surface area contributed by atoms with Gasteiger partial charge in [0.1, 0.15) is 5.69 Å². The van der Waals surface area contributed by atoms with Gasteiger partial charge in [-0.3, -0.25) is 14.6 Å². The van der Waals surface area contributed by atoms with E-state index in [1.165, 1.54) is 0 Å². The lowest BCUT2D eigenvalue weighted by molar-refractivity contribution is -0.120. The number of halogens is 2. The van der Waals surface area contributed by atoms with Crippen molar-refractivity contribution in [3.63, 3.8) is 0 Å². The van der Waals surface area contributed by atoms with Crippen molar-refractivity contribution in [2.45, 2.75) is 18.9 Å². The van der Waals surface area contributed by atoms with Crippen molar-refractivity contribution in [3.05, 3.63) is 30.1 Å². The molecule has 1 aromatic rings.